The molecule has 0 saturated carbocycles. The van der Waals surface area contributed by atoms with Crippen molar-refractivity contribution in [1.29, 1.82) is 0 Å². The highest BCUT2D eigenvalue weighted by Crippen LogP contribution is 2.23. The number of aliphatic imine (C=N–C) groups is 1. The third-order valence-electron chi connectivity index (χ3n) is 2.95. The number of aromatic hydroxyl groups is 1. The molecule has 2 rings (SSSR count). The summed E-state index contributed by atoms with van der Waals surface area (Å²) in [5, 5.41) is 18.6. The van der Waals surface area contributed by atoms with Gasteiger partial charge in [0, 0.05) is 5.71 Å². The Morgan fingerprint density at radius 3 is 2.50 bits per heavy atom. The highest BCUT2D eigenvalue weighted by molar-refractivity contribution is 6.30. The van der Waals surface area contributed by atoms with Gasteiger partial charge >= 0.3 is 5.97 Å². The molecule has 0 aliphatic carbocycles. The topological polar surface area (TPSA) is 104 Å². The van der Waals surface area contributed by atoms with E-state index in [-0.39, 0.29) is 22.6 Å². The highest BCUT2D eigenvalue weighted by Gasteiger charge is 2.31. The molecule has 0 fully saturated rings. The number of carboxylic acids is 1. The summed E-state index contributed by atoms with van der Waals surface area (Å²) >= 11 is 0. The van der Waals surface area contributed by atoms with E-state index < -0.39 is 23.6 Å². The Bertz CT molecular complexity index is 672. The smallest absolute Gasteiger partial charge is 0.316 e. The fourth-order valence-electron chi connectivity index (χ4n) is 1.88. The summed E-state index contributed by atoms with van der Waals surface area (Å²) in [5.41, 5.74) is -0.285. The van der Waals surface area contributed by atoms with Crippen LogP contribution in [-0.2, 0) is 9.59 Å². The van der Waals surface area contributed by atoms with Crippen LogP contribution in [0.3, 0.4) is 0 Å². The number of phenols is 1. The fourth-order valence-corrected chi connectivity index (χ4v) is 1.88. The molecule has 1 heterocycles. The number of dihydropyridines is 1. The molecule has 1 aliphatic rings. The van der Waals surface area contributed by atoms with Crippen molar-refractivity contribution in [3.63, 3.8) is 0 Å². The fraction of sp³-hybridized carbons (Fsp3) is 0.143. The number of ketones is 1. The molecule has 20 heavy (non-hydrogen) atoms. The van der Waals surface area contributed by atoms with Crippen molar-refractivity contribution in [2.45, 2.75) is 6.92 Å². The first-order valence-electron chi connectivity index (χ1n) is 5.78. The Morgan fingerprint density at radius 1 is 1.25 bits per heavy atom. The number of carboxylic acid groups (broad SMARTS) is 1. The van der Waals surface area contributed by atoms with Gasteiger partial charge in [0.1, 0.15) is 11.7 Å². The van der Waals surface area contributed by atoms with E-state index in [1.807, 2.05) is 0 Å². The maximum Gasteiger partial charge on any atom is 0.316 e. The number of hydrogen-bond acceptors (Lipinski definition) is 4. The van der Waals surface area contributed by atoms with Crippen LogP contribution in [0.4, 0.5) is 0 Å². The van der Waals surface area contributed by atoms with Crippen molar-refractivity contribution < 1.29 is 24.6 Å². The number of aliphatic carboxylic acids is 1. The lowest BCUT2D eigenvalue weighted by atomic mass is 9.93. The van der Waals surface area contributed by atoms with Crippen molar-refractivity contribution in [1.82, 2.24) is 0 Å². The summed E-state index contributed by atoms with van der Waals surface area (Å²) in [6.45, 7) is 1.41. The van der Waals surface area contributed by atoms with Crippen molar-refractivity contribution in [3.05, 3.63) is 41.5 Å². The molecule has 0 saturated heterocycles. The molecule has 6 heteroatoms. The number of benzene rings is 1. The number of Topliss-reactive ketones (excluding diaryl/α,β-unsaturated/α-hetero) is 1. The number of rotatable bonds is 3. The molecule has 1 aliphatic heterocycles. The van der Waals surface area contributed by atoms with Crippen LogP contribution in [0.5, 0.6) is 5.75 Å². The monoisotopic (exact) mass is 273 g/mol. The predicted molar refractivity (Wildman–Crippen MR) is 69.8 cm³/mol. The van der Waals surface area contributed by atoms with E-state index in [2.05, 4.69) is 4.99 Å². The van der Waals surface area contributed by atoms with Gasteiger partial charge in [-0.05, 0) is 25.1 Å². The summed E-state index contributed by atoms with van der Waals surface area (Å²) in [7, 11) is 0. The molecule has 2 N–H and O–H groups in total. The minimum absolute atomic E-state index is 0.0639. The minimum Gasteiger partial charge on any atom is -0.507 e. The molecule has 1 aromatic rings. The average Bonchev–Trinajstić information content (AvgIpc) is 2.38. The van der Waals surface area contributed by atoms with Gasteiger partial charge in [0.2, 0.25) is 5.78 Å². The van der Waals surface area contributed by atoms with Crippen molar-refractivity contribution in [2.24, 2.45) is 10.9 Å². The van der Waals surface area contributed by atoms with Crippen molar-refractivity contribution in [3.8, 4) is 5.75 Å². The van der Waals surface area contributed by atoms with Gasteiger partial charge in [0.15, 0.2) is 0 Å². The van der Waals surface area contributed by atoms with Crippen LogP contribution in [0.1, 0.15) is 17.3 Å². The molecule has 1 unspecified atom stereocenters. The first-order chi connectivity index (χ1) is 9.41. The van der Waals surface area contributed by atoms with Crippen LogP contribution in [0.15, 0.2) is 40.9 Å². The first kappa shape index (κ1) is 13.7. The lowest BCUT2D eigenvalue weighted by Gasteiger charge is -2.15. The molecule has 6 nitrogen and oxygen atoms in total. The van der Waals surface area contributed by atoms with E-state index in [1.54, 1.807) is 0 Å². The summed E-state index contributed by atoms with van der Waals surface area (Å²) in [5.74, 6) is -4.12. The number of carbonyl (C=O) groups excluding carboxylic acids is 2. The quantitative estimate of drug-likeness (QED) is 0.636. The van der Waals surface area contributed by atoms with Gasteiger partial charge in [-0.2, -0.15) is 0 Å². The van der Waals surface area contributed by atoms with E-state index in [0.717, 1.165) is 6.08 Å². The van der Waals surface area contributed by atoms with Crippen LogP contribution >= 0.6 is 0 Å². The molecule has 1 amide bonds. The van der Waals surface area contributed by atoms with Crippen LogP contribution in [0, 0.1) is 5.92 Å². The number of carbonyl (C=O) groups is 3. The number of para-hydroxylation sites is 1. The van der Waals surface area contributed by atoms with Crippen LogP contribution in [0.2, 0.25) is 0 Å². The van der Waals surface area contributed by atoms with Crippen molar-refractivity contribution in [2.75, 3.05) is 0 Å². The van der Waals surface area contributed by atoms with Gasteiger partial charge in [-0.15, -0.1) is 0 Å². The summed E-state index contributed by atoms with van der Waals surface area (Å²) in [6.07, 6.45) is 1.07. The second-order valence-corrected chi connectivity index (χ2v) is 4.30. The standard InChI is InChI=1S/C14H11NO5/c1-7-9(14(19)20)6-10(13(18)15-7)12(17)8-4-2-3-5-11(8)16/h2-6,9,16H,1H3,(H,19,20). The normalized spacial score (nSPS) is 18.2. The molecule has 1 aromatic carbocycles. The molecule has 0 bridgehead atoms. The molecule has 0 radical (unpaired) electrons. The third-order valence-corrected chi connectivity index (χ3v) is 2.95. The average molecular weight is 273 g/mol. The minimum atomic E-state index is -1.19. The molecule has 1 atom stereocenters. The number of amides is 1. The summed E-state index contributed by atoms with van der Waals surface area (Å²) < 4.78 is 0. The Balaban J connectivity index is 2.44. The number of nitrogens with zero attached hydrogens (tertiary/aromatic N) is 1. The van der Waals surface area contributed by atoms with E-state index >= 15 is 0 Å². The van der Waals surface area contributed by atoms with E-state index in [0.29, 0.717) is 0 Å². The van der Waals surface area contributed by atoms with Crippen LogP contribution in [-0.4, -0.2) is 33.6 Å². The zero-order valence-electron chi connectivity index (χ0n) is 10.5. The molecular formula is C14H11NO5. The lowest BCUT2D eigenvalue weighted by molar-refractivity contribution is -0.138. The van der Waals surface area contributed by atoms with Crippen molar-refractivity contribution >= 4 is 23.4 Å². The third kappa shape index (κ3) is 2.35. The summed E-state index contributed by atoms with van der Waals surface area (Å²) in [4.78, 5) is 38.6. The Labute approximate surface area is 114 Å². The second-order valence-electron chi connectivity index (χ2n) is 4.30. The maximum atomic E-state index is 12.2. The van der Waals surface area contributed by atoms with Crippen LogP contribution in [0.25, 0.3) is 0 Å². The van der Waals surface area contributed by atoms with Gasteiger partial charge in [0.05, 0.1) is 11.1 Å². The van der Waals surface area contributed by atoms with E-state index in [1.165, 1.54) is 31.2 Å². The summed E-state index contributed by atoms with van der Waals surface area (Å²) in [6, 6.07) is 5.73. The highest BCUT2D eigenvalue weighted by atomic mass is 16.4. The number of phenolic OH excluding ortho intramolecular Hbond substituents is 1. The van der Waals surface area contributed by atoms with Gasteiger partial charge in [-0.25, -0.2) is 4.99 Å². The van der Waals surface area contributed by atoms with Gasteiger partial charge in [0.25, 0.3) is 5.91 Å². The molecule has 0 spiro atoms. The van der Waals surface area contributed by atoms with Gasteiger partial charge < -0.3 is 10.2 Å². The molecule has 102 valence electrons. The molecular weight excluding hydrogens is 262 g/mol. The first-order valence-corrected chi connectivity index (χ1v) is 5.78. The largest absolute Gasteiger partial charge is 0.507 e. The maximum absolute atomic E-state index is 12.2. The predicted octanol–water partition coefficient (Wildman–Crippen LogP) is 1.20. The second kappa shape index (κ2) is 5.08. The zero-order valence-corrected chi connectivity index (χ0v) is 10.5. The molecule has 0 aromatic heterocycles. The Morgan fingerprint density at radius 2 is 1.90 bits per heavy atom. The van der Waals surface area contributed by atoms with Gasteiger partial charge in [-0.1, -0.05) is 12.1 Å². The SMILES string of the molecule is CC1=NC(=O)C(C(=O)c2ccccc2O)=CC1C(=O)O. The lowest BCUT2D eigenvalue weighted by Crippen LogP contribution is -2.28. The van der Waals surface area contributed by atoms with E-state index in [9.17, 15) is 19.5 Å². The van der Waals surface area contributed by atoms with E-state index in [4.69, 9.17) is 5.11 Å². The Kier molecular flexibility index (Phi) is 3.47. The Hall–Kier alpha value is -2.76. The number of hydrogen-bond donors (Lipinski definition) is 2. The van der Waals surface area contributed by atoms with Gasteiger partial charge in [-0.3, -0.25) is 14.4 Å². The zero-order chi connectivity index (χ0) is 14.9. The van der Waals surface area contributed by atoms with Crippen LogP contribution < -0.4 is 0 Å².